The molecular weight excluding hydrogens is 416 g/mol. The maximum atomic E-state index is 6.40. The number of aromatic nitrogens is 5. The number of ether oxygens (including phenoxy) is 2. The number of aryl methyl sites for hydroxylation is 3. The molecule has 2 bridgehead atoms. The maximum Gasteiger partial charge on any atom is 0.236 e. The molecule has 0 unspecified atom stereocenters. The van der Waals surface area contributed by atoms with E-state index in [2.05, 4.69) is 43.2 Å². The molecule has 0 fully saturated rings. The normalized spacial score (nSPS) is 14.9. The van der Waals surface area contributed by atoms with Gasteiger partial charge in [0.2, 0.25) is 5.88 Å². The summed E-state index contributed by atoms with van der Waals surface area (Å²) >= 11 is 0. The predicted octanol–water partition coefficient (Wildman–Crippen LogP) is 4.31. The van der Waals surface area contributed by atoms with Crippen molar-refractivity contribution in [3.8, 4) is 34.1 Å². The second kappa shape index (κ2) is 7.95. The Bertz CT molecular complexity index is 1350. The number of hydrogen-bond acceptors (Lipinski definition) is 6. The minimum atomic E-state index is -0.251. The summed E-state index contributed by atoms with van der Waals surface area (Å²) in [6, 6.07) is 8.33. The third-order valence-corrected chi connectivity index (χ3v) is 6.14. The average molecular weight is 445 g/mol. The van der Waals surface area contributed by atoms with Crippen LogP contribution in [0.5, 0.6) is 11.6 Å². The Morgan fingerprint density at radius 3 is 2.82 bits per heavy atom. The van der Waals surface area contributed by atoms with Crippen LogP contribution < -0.4 is 15.2 Å². The van der Waals surface area contributed by atoms with Crippen molar-refractivity contribution < 1.29 is 9.47 Å². The van der Waals surface area contributed by atoms with Crippen LogP contribution in [-0.4, -0.2) is 31.7 Å². The number of benzene rings is 1. The minimum absolute atomic E-state index is 0.251. The number of pyridine rings is 1. The Morgan fingerprint density at radius 2 is 2.06 bits per heavy atom. The lowest BCUT2D eigenvalue weighted by Crippen LogP contribution is -2.10. The quantitative estimate of drug-likeness (QED) is 0.495. The Hall–Kier alpha value is -3.81. The van der Waals surface area contributed by atoms with Crippen LogP contribution in [-0.2, 0) is 20.0 Å². The smallest absolute Gasteiger partial charge is 0.236 e. The molecule has 1 aromatic carbocycles. The van der Waals surface area contributed by atoms with E-state index in [0.717, 1.165) is 44.8 Å². The van der Waals surface area contributed by atoms with Crippen LogP contribution in [0, 0.1) is 6.92 Å². The highest BCUT2D eigenvalue weighted by Gasteiger charge is 2.26. The first-order chi connectivity index (χ1) is 15.9. The molecule has 4 aromatic rings. The topological polar surface area (TPSA) is 93.0 Å². The van der Waals surface area contributed by atoms with E-state index in [1.807, 2.05) is 29.4 Å². The van der Waals surface area contributed by atoms with E-state index in [1.54, 1.807) is 13.3 Å². The third-order valence-electron chi connectivity index (χ3n) is 6.14. The van der Waals surface area contributed by atoms with E-state index in [1.165, 1.54) is 0 Å². The minimum Gasteiger partial charge on any atom is -0.482 e. The molecule has 2 N–H and O–H groups in total. The SMILES string of the molecule is CCn1nc(OC)c2c1-c1cnc(N)c(c1)O[C@H](C)c1cc(C)ccc1-c1nn(C)cc1C2. The third kappa shape index (κ3) is 3.51. The fourth-order valence-electron chi connectivity index (χ4n) is 4.60. The first kappa shape index (κ1) is 21.1. The fraction of sp³-hybridized carbons (Fsp3) is 0.320. The molecule has 1 atom stereocenters. The van der Waals surface area contributed by atoms with Crippen molar-refractivity contribution in [1.29, 1.82) is 0 Å². The monoisotopic (exact) mass is 444 g/mol. The number of fused-ring (bicyclic) bond motifs is 7. The summed E-state index contributed by atoms with van der Waals surface area (Å²) < 4.78 is 15.9. The van der Waals surface area contributed by atoms with E-state index in [4.69, 9.17) is 25.4 Å². The fourth-order valence-corrected chi connectivity index (χ4v) is 4.60. The number of rotatable bonds is 2. The van der Waals surface area contributed by atoms with Crippen LogP contribution >= 0.6 is 0 Å². The second-order valence-electron chi connectivity index (χ2n) is 8.46. The molecule has 0 aliphatic carbocycles. The largest absolute Gasteiger partial charge is 0.482 e. The lowest BCUT2D eigenvalue weighted by atomic mass is 9.93. The highest BCUT2D eigenvalue weighted by molar-refractivity contribution is 5.73. The summed E-state index contributed by atoms with van der Waals surface area (Å²) in [4.78, 5) is 4.45. The predicted molar refractivity (Wildman–Crippen MR) is 127 cm³/mol. The van der Waals surface area contributed by atoms with Gasteiger partial charge in [0.05, 0.1) is 18.5 Å². The number of hydrogen-bond donors (Lipinski definition) is 1. The summed E-state index contributed by atoms with van der Waals surface area (Å²) in [5.41, 5.74) is 14.3. The number of nitrogen functional groups attached to an aromatic ring is 1. The Morgan fingerprint density at radius 1 is 1.24 bits per heavy atom. The van der Waals surface area contributed by atoms with E-state index in [0.29, 0.717) is 30.4 Å². The van der Waals surface area contributed by atoms with Gasteiger partial charge in [-0.3, -0.25) is 9.36 Å². The van der Waals surface area contributed by atoms with Crippen LogP contribution in [0.15, 0.2) is 36.7 Å². The molecular formula is C25H28N6O2. The highest BCUT2D eigenvalue weighted by atomic mass is 16.5. The zero-order valence-electron chi connectivity index (χ0n) is 19.6. The van der Waals surface area contributed by atoms with Gasteiger partial charge in [0.25, 0.3) is 0 Å². The van der Waals surface area contributed by atoms with Crippen molar-refractivity contribution in [3.05, 3.63) is 58.9 Å². The lowest BCUT2D eigenvalue weighted by Gasteiger charge is -2.21. The van der Waals surface area contributed by atoms with Crippen molar-refractivity contribution >= 4 is 5.82 Å². The lowest BCUT2D eigenvalue weighted by molar-refractivity contribution is 0.228. The molecule has 8 heteroatoms. The van der Waals surface area contributed by atoms with E-state index >= 15 is 0 Å². The van der Waals surface area contributed by atoms with Gasteiger partial charge in [0.15, 0.2) is 11.6 Å². The van der Waals surface area contributed by atoms with Crippen molar-refractivity contribution in [1.82, 2.24) is 24.5 Å². The summed E-state index contributed by atoms with van der Waals surface area (Å²) in [5, 5.41) is 9.56. The second-order valence-corrected chi connectivity index (χ2v) is 8.46. The maximum absolute atomic E-state index is 6.40. The summed E-state index contributed by atoms with van der Waals surface area (Å²) in [7, 11) is 3.60. The van der Waals surface area contributed by atoms with Gasteiger partial charge in [-0.15, -0.1) is 5.10 Å². The summed E-state index contributed by atoms with van der Waals surface area (Å²) in [6.07, 6.45) is 4.20. The molecule has 3 aromatic heterocycles. The molecule has 0 spiro atoms. The molecule has 8 nitrogen and oxygen atoms in total. The van der Waals surface area contributed by atoms with Crippen molar-refractivity contribution in [2.24, 2.45) is 7.05 Å². The van der Waals surface area contributed by atoms with Gasteiger partial charge in [0.1, 0.15) is 6.10 Å². The molecule has 0 saturated heterocycles. The average Bonchev–Trinajstić information content (AvgIpc) is 3.34. The van der Waals surface area contributed by atoms with E-state index in [-0.39, 0.29) is 6.10 Å². The molecule has 170 valence electrons. The Labute approximate surface area is 193 Å². The molecule has 1 aliphatic rings. The Kier molecular flexibility index (Phi) is 5.08. The number of methoxy groups -OCH3 is 1. The van der Waals surface area contributed by atoms with Crippen LogP contribution in [0.2, 0.25) is 0 Å². The molecule has 33 heavy (non-hydrogen) atoms. The number of nitrogens with two attached hydrogens (primary N) is 1. The van der Waals surface area contributed by atoms with Crippen LogP contribution in [0.25, 0.3) is 22.5 Å². The molecule has 0 radical (unpaired) electrons. The first-order valence-corrected chi connectivity index (χ1v) is 11.1. The van der Waals surface area contributed by atoms with Gasteiger partial charge in [-0.2, -0.15) is 5.10 Å². The van der Waals surface area contributed by atoms with Gasteiger partial charge in [-0.25, -0.2) is 4.98 Å². The first-order valence-electron chi connectivity index (χ1n) is 11.1. The highest BCUT2D eigenvalue weighted by Crippen LogP contribution is 2.40. The van der Waals surface area contributed by atoms with Gasteiger partial charge >= 0.3 is 0 Å². The van der Waals surface area contributed by atoms with Crippen molar-refractivity contribution in [3.63, 3.8) is 0 Å². The van der Waals surface area contributed by atoms with Crippen molar-refractivity contribution in [2.75, 3.05) is 12.8 Å². The van der Waals surface area contributed by atoms with Gasteiger partial charge in [-0.1, -0.05) is 23.8 Å². The summed E-state index contributed by atoms with van der Waals surface area (Å²) in [5.74, 6) is 1.49. The molecule has 1 aliphatic heterocycles. The molecule has 0 amide bonds. The number of nitrogens with zero attached hydrogens (tertiary/aromatic N) is 5. The molecule has 5 rings (SSSR count). The van der Waals surface area contributed by atoms with Crippen LogP contribution in [0.4, 0.5) is 5.82 Å². The summed E-state index contributed by atoms with van der Waals surface area (Å²) in [6.45, 7) is 6.85. The molecule has 4 heterocycles. The van der Waals surface area contributed by atoms with Crippen LogP contribution in [0.3, 0.4) is 0 Å². The standard InChI is InChI=1S/C25H28N6O2/c1-6-31-23-16-11-21(24(26)27-12-16)33-15(3)19-9-14(2)7-8-18(19)22-17(13-30(4)28-22)10-20(23)25(29-31)32-5/h7-9,11-13,15H,6,10H2,1-5H3,(H2,26,27)/t15-/m1/s1. The zero-order valence-corrected chi connectivity index (χ0v) is 19.6. The zero-order chi connectivity index (χ0) is 23.3. The van der Waals surface area contributed by atoms with E-state index < -0.39 is 0 Å². The van der Waals surface area contributed by atoms with Crippen LogP contribution in [0.1, 0.15) is 42.2 Å². The molecule has 0 saturated carbocycles. The van der Waals surface area contributed by atoms with Gasteiger partial charge in [0, 0.05) is 60.2 Å². The van der Waals surface area contributed by atoms with Gasteiger partial charge < -0.3 is 15.2 Å². The number of anilines is 1. The Balaban J connectivity index is 1.84. The van der Waals surface area contributed by atoms with Crippen molar-refractivity contribution in [2.45, 2.75) is 39.8 Å². The van der Waals surface area contributed by atoms with E-state index in [9.17, 15) is 0 Å². The van der Waals surface area contributed by atoms with Gasteiger partial charge in [-0.05, 0) is 26.8 Å².